The molecule has 1 N–H and O–H groups in total. The standard InChI is InChI=1S/C19H12Cl2N4O/c20-12-6-8-13(9-7-12)23-19-24-16-11-22-17(21)10-15(16)18(26)25(19)14-4-2-1-3-5-14/h1-11H,(H,23,24). The van der Waals surface area contributed by atoms with Gasteiger partial charge in [0.05, 0.1) is 22.8 Å². The van der Waals surface area contributed by atoms with Crippen molar-refractivity contribution < 1.29 is 0 Å². The number of fused-ring (bicyclic) bond motifs is 1. The van der Waals surface area contributed by atoms with Gasteiger partial charge in [0.15, 0.2) is 0 Å². The van der Waals surface area contributed by atoms with Gasteiger partial charge in [-0.05, 0) is 42.5 Å². The van der Waals surface area contributed by atoms with E-state index in [0.717, 1.165) is 5.69 Å². The normalized spacial score (nSPS) is 10.8. The van der Waals surface area contributed by atoms with Crippen LogP contribution < -0.4 is 10.9 Å². The number of hydrogen-bond donors (Lipinski definition) is 1. The number of nitrogens with one attached hydrogen (secondary N) is 1. The van der Waals surface area contributed by atoms with Crippen molar-refractivity contribution in [3.63, 3.8) is 0 Å². The van der Waals surface area contributed by atoms with Crippen LogP contribution in [-0.4, -0.2) is 14.5 Å². The molecule has 128 valence electrons. The van der Waals surface area contributed by atoms with Crippen molar-refractivity contribution in [2.45, 2.75) is 0 Å². The molecule has 0 saturated heterocycles. The minimum absolute atomic E-state index is 0.234. The first kappa shape index (κ1) is 16.6. The van der Waals surface area contributed by atoms with Crippen LogP contribution >= 0.6 is 23.2 Å². The van der Waals surface area contributed by atoms with E-state index in [1.807, 2.05) is 42.5 Å². The molecule has 7 heteroatoms. The summed E-state index contributed by atoms with van der Waals surface area (Å²) in [5.74, 6) is 0.375. The topological polar surface area (TPSA) is 59.8 Å². The summed E-state index contributed by atoms with van der Waals surface area (Å²) in [4.78, 5) is 21.7. The number of aromatic nitrogens is 3. The second-order valence-electron chi connectivity index (χ2n) is 5.57. The number of rotatable bonds is 3. The van der Waals surface area contributed by atoms with E-state index in [0.29, 0.717) is 27.6 Å². The van der Waals surface area contributed by atoms with Gasteiger partial charge in [0.25, 0.3) is 5.56 Å². The van der Waals surface area contributed by atoms with Crippen LogP contribution in [0, 0.1) is 0 Å². The van der Waals surface area contributed by atoms with Crippen molar-refractivity contribution >= 4 is 45.7 Å². The van der Waals surface area contributed by atoms with Crippen LogP contribution in [0.2, 0.25) is 10.2 Å². The molecular weight excluding hydrogens is 371 g/mol. The fourth-order valence-electron chi connectivity index (χ4n) is 2.63. The molecular formula is C19H12Cl2N4O. The maximum absolute atomic E-state index is 13.1. The average molecular weight is 383 g/mol. The predicted octanol–water partition coefficient (Wildman–Crippen LogP) is 4.83. The third-order valence-electron chi connectivity index (χ3n) is 3.84. The fourth-order valence-corrected chi connectivity index (χ4v) is 2.91. The molecule has 0 aliphatic heterocycles. The van der Waals surface area contributed by atoms with E-state index in [9.17, 15) is 4.79 Å². The number of pyridine rings is 1. The number of hydrogen-bond acceptors (Lipinski definition) is 4. The van der Waals surface area contributed by atoms with Gasteiger partial charge < -0.3 is 5.32 Å². The van der Waals surface area contributed by atoms with Gasteiger partial charge >= 0.3 is 0 Å². The molecule has 0 aliphatic carbocycles. The highest BCUT2D eigenvalue weighted by Crippen LogP contribution is 2.22. The number of nitrogens with zero attached hydrogens (tertiary/aromatic N) is 3. The second-order valence-corrected chi connectivity index (χ2v) is 6.39. The number of halogens is 2. The van der Waals surface area contributed by atoms with Gasteiger partial charge in [0, 0.05) is 10.7 Å². The lowest BCUT2D eigenvalue weighted by Crippen LogP contribution is -2.22. The average Bonchev–Trinajstić information content (AvgIpc) is 2.65. The summed E-state index contributed by atoms with van der Waals surface area (Å²) in [5.41, 5.74) is 1.67. The third kappa shape index (κ3) is 3.14. The van der Waals surface area contributed by atoms with Gasteiger partial charge in [-0.3, -0.25) is 4.79 Å². The van der Waals surface area contributed by atoms with Crippen molar-refractivity contribution in [2.24, 2.45) is 0 Å². The largest absolute Gasteiger partial charge is 0.325 e. The zero-order chi connectivity index (χ0) is 18.1. The Balaban J connectivity index is 1.96. The Morgan fingerprint density at radius 1 is 0.962 bits per heavy atom. The Morgan fingerprint density at radius 2 is 1.69 bits per heavy atom. The highest BCUT2D eigenvalue weighted by atomic mass is 35.5. The predicted molar refractivity (Wildman–Crippen MR) is 105 cm³/mol. The van der Waals surface area contributed by atoms with Crippen molar-refractivity contribution in [1.82, 2.24) is 14.5 Å². The molecule has 26 heavy (non-hydrogen) atoms. The highest BCUT2D eigenvalue weighted by Gasteiger charge is 2.14. The summed E-state index contributed by atoms with van der Waals surface area (Å²) in [6.45, 7) is 0. The lowest BCUT2D eigenvalue weighted by atomic mass is 10.2. The molecule has 4 aromatic rings. The zero-order valence-electron chi connectivity index (χ0n) is 13.4. The lowest BCUT2D eigenvalue weighted by molar-refractivity contribution is 0.972. The van der Waals surface area contributed by atoms with Gasteiger partial charge in [-0.1, -0.05) is 41.4 Å². The van der Waals surface area contributed by atoms with Gasteiger partial charge in [-0.15, -0.1) is 0 Å². The van der Waals surface area contributed by atoms with Gasteiger partial charge in [0.2, 0.25) is 5.95 Å². The fraction of sp³-hybridized carbons (Fsp3) is 0. The Morgan fingerprint density at radius 3 is 2.42 bits per heavy atom. The van der Waals surface area contributed by atoms with E-state index in [1.165, 1.54) is 16.8 Å². The molecule has 0 bridgehead atoms. The molecule has 2 heterocycles. The molecule has 0 spiro atoms. The zero-order valence-corrected chi connectivity index (χ0v) is 14.9. The van der Waals surface area contributed by atoms with Gasteiger partial charge in [-0.2, -0.15) is 0 Å². The molecule has 0 fully saturated rings. The molecule has 0 atom stereocenters. The lowest BCUT2D eigenvalue weighted by Gasteiger charge is -2.15. The van der Waals surface area contributed by atoms with Gasteiger partial charge in [-0.25, -0.2) is 14.5 Å². The van der Waals surface area contributed by atoms with Crippen molar-refractivity contribution in [2.75, 3.05) is 5.32 Å². The molecule has 0 radical (unpaired) electrons. The molecule has 5 nitrogen and oxygen atoms in total. The molecule has 0 amide bonds. The van der Waals surface area contributed by atoms with Crippen molar-refractivity contribution in [1.29, 1.82) is 0 Å². The Bertz CT molecular complexity index is 1140. The van der Waals surface area contributed by atoms with E-state index in [4.69, 9.17) is 23.2 Å². The second kappa shape index (κ2) is 6.78. The Labute approximate surface area is 158 Å². The van der Waals surface area contributed by atoms with Crippen LogP contribution in [0.1, 0.15) is 0 Å². The molecule has 2 aromatic heterocycles. The summed E-state index contributed by atoms with van der Waals surface area (Å²) in [7, 11) is 0. The maximum Gasteiger partial charge on any atom is 0.267 e. The smallest absolute Gasteiger partial charge is 0.267 e. The minimum atomic E-state index is -0.234. The number of benzene rings is 2. The number of anilines is 2. The Hall–Kier alpha value is -2.89. The third-order valence-corrected chi connectivity index (χ3v) is 4.29. The first-order chi connectivity index (χ1) is 12.6. The SMILES string of the molecule is O=c1c2cc(Cl)ncc2nc(Nc2ccc(Cl)cc2)n1-c1ccccc1. The van der Waals surface area contributed by atoms with Gasteiger partial charge in [0.1, 0.15) is 5.15 Å². The molecule has 2 aromatic carbocycles. The maximum atomic E-state index is 13.1. The monoisotopic (exact) mass is 382 g/mol. The molecule has 0 saturated carbocycles. The first-order valence-corrected chi connectivity index (χ1v) is 8.54. The van der Waals surface area contributed by atoms with Crippen LogP contribution in [0.25, 0.3) is 16.6 Å². The summed E-state index contributed by atoms with van der Waals surface area (Å²) >= 11 is 11.9. The van der Waals surface area contributed by atoms with E-state index in [-0.39, 0.29) is 10.7 Å². The summed E-state index contributed by atoms with van der Waals surface area (Å²) in [6.07, 6.45) is 1.49. The van der Waals surface area contributed by atoms with Crippen molar-refractivity contribution in [3.05, 3.63) is 87.4 Å². The van der Waals surface area contributed by atoms with E-state index < -0.39 is 0 Å². The van der Waals surface area contributed by atoms with Crippen LogP contribution in [0.15, 0.2) is 71.7 Å². The van der Waals surface area contributed by atoms with E-state index in [1.54, 1.807) is 12.1 Å². The highest BCUT2D eigenvalue weighted by molar-refractivity contribution is 6.30. The summed E-state index contributed by atoms with van der Waals surface area (Å²) in [6, 6.07) is 18.0. The van der Waals surface area contributed by atoms with Crippen LogP contribution in [-0.2, 0) is 0 Å². The molecule has 4 rings (SSSR count). The van der Waals surface area contributed by atoms with Crippen LogP contribution in [0.5, 0.6) is 0 Å². The number of para-hydroxylation sites is 1. The quantitative estimate of drug-likeness (QED) is 0.515. The minimum Gasteiger partial charge on any atom is -0.325 e. The van der Waals surface area contributed by atoms with E-state index in [2.05, 4.69) is 15.3 Å². The summed E-state index contributed by atoms with van der Waals surface area (Å²) in [5, 5.41) is 4.45. The van der Waals surface area contributed by atoms with Crippen LogP contribution in [0.3, 0.4) is 0 Å². The molecule has 0 unspecified atom stereocenters. The Kier molecular flexibility index (Phi) is 4.32. The van der Waals surface area contributed by atoms with Crippen LogP contribution in [0.4, 0.5) is 11.6 Å². The first-order valence-electron chi connectivity index (χ1n) is 7.78. The van der Waals surface area contributed by atoms with Crippen molar-refractivity contribution in [3.8, 4) is 5.69 Å². The molecule has 0 aliphatic rings. The van der Waals surface area contributed by atoms with E-state index >= 15 is 0 Å². The summed E-state index contributed by atoms with van der Waals surface area (Å²) < 4.78 is 1.51.